The third kappa shape index (κ3) is 3.30. The third-order valence-electron chi connectivity index (χ3n) is 5.17. The molecule has 0 aliphatic carbocycles. The molecule has 1 aliphatic rings. The van der Waals surface area contributed by atoms with E-state index in [0.29, 0.717) is 17.6 Å². The van der Waals surface area contributed by atoms with Gasteiger partial charge in [-0.25, -0.2) is 4.79 Å². The summed E-state index contributed by atoms with van der Waals surface area (Å²) in [5.41, 5.74) is 1.63. The molecule has 0 bridgehead atoms. The van der Waals surface area contributed by atoms with E-state index in [0.717, 1.165) is 30.2 Å². The highest BCUT2D eigenvalue weighted by Crippen LogP contribution is 2.31. The van der Waals surface area contributed by atoms with Crippen LogP contribution in [0.2, 0.25) is 0 Å². The molecule has 138 valence electrons. The topological polar surface area (TPSA) is 67.2 Å². The van der Waals surface area contributed by atoms with Crippen molar-refractivity contribution in [2.45, 2.75) is 25.3 Å². The SMILES string of the molecule is Cn1cc(NC(=O)N2CCCCC2c2cccnc2)c2ccccc2c1=O. The highest BCUT2D eigenvalue weighted by Gasteiger charge is 2.28. The maximum Gasteiger partial charge on any atom is 0.322 e. The van der Waals surface area contributed by atoms with Gasteiger partial charge in [0.1, 0.15) is 0 Å². The first kappa shape index (κ1) is 17.3. The van der Waals surface area contributed by atoms with Crippen LogP contribution in [0.15, 0.2) is 59.8 Å². The highest BCUT2D eigenvalue weighted by atomic mass is 16.2. The Balaban J connectivity index is 1.66. The number of carbonyl (C=O) groups is 1. The Morgan fingerprint density at radius 3 is 2.74 bits per heavy atom. The predicted molar refractivity (Wildman–Crippen MR) is 106 cm³/mol. The second kappa shape index (κ2) is 7.23. The number of hydrogen-bond acceptors (Lipinski definition) is 3. The van der Waals surface area contributed by atoms with Crippen molar-refractivity contribution in [2.24, 2.45) is 7.05 Å². The van der Waals surface area contributed by atoms with Gasteiger partial charge in [0.15, 0.2) is 0 Å². The first-order valence-corrected chi connectivity index (χ1v) is 9.21. The first-order valence-electron chi connectivity index (χ1n) is 9.21. The lowest BCUT2D eigenvalue weighted by Gasteiger charge is -2.36. The van der Waals surface area contributed by atoms with Gasteiger partial charge in [-0.2, -0.15) is 0 Å². The molecule has 6 heteroatoms. The zero-order valence-corrected chi connectivity index (χ0v) is 15.3. The fraction of sp³-hybridized carbons (Fsp3) is 0.286. The van der Waals surface area contributed by atoms with Crippen LogP contribution in [0.25, 0.3) is 10.8 Å². The number of amides is 2. The fourth-order valence-corrected chi connectivity index (χ4v) is 3.80. The average Bonchev–Trinajstić information content (AvgIpc) is 2.72. The molecule has 1 saturated heterocycles. The number of piperidine rings is 1. The molecular weight excluding hydrogens is 340 g/mol. The van der Waals surface area contributed by atoms with E-state index in [1.54, 1.807) is 25.5 Å². The summed E-state index contributed by atoms with van der Waals surface area (Å²) >= 11 is 0. The van der Waals surface area contributed by atoms with Crippen LogP contribution in [-0.2, 0) is 7.05 Å². The Labute approximate surface area is 157 Å². The van der Waals surface area contributed by atoms with Crippen molar-refractivity contribution in [3.63, 3.8) is 0 Å². The number of likely N-dealkylation sites (tertiary alicyclic amines) is 1. The number of urea groups is 1. The molecule has 27 heavy (non-hydrogen) atoms. The molecule has 1 unspecified atom stereocenters. The maximum atomic E-state index is 13.1. The van der Waals surface area contributed by atoms with E-state index in [1.165, 1.54) is 4.57 Å². The van der Waals surface area contributed by atoms with Crippen LogP contribution in [0.1, 0.15) is 30.9 Å². The second-order valence-corrected chi connectivity index (χ2v) is 6.93. The molecule has 1 aromatic carbocycles. The van der Waals surface area contributed by atoms with Gasteiger partial charge < -0.3 is 14.8 Å². The van der Waals surface area contributed by atoms with Gasteiger partial charge in [-0.05, 0) is 37.0 Å². The van der Waals surface area contributed by atoms with E-state index < -0.39 is 0 Å². The van der Waals surface area contributed by atoms with Gasteiger partial charge in [-0.15, -0.1) is 0 Å². The molecule has 3 heterocycles. The van der Waals surface area contributed by atoms with Crippen molar-refractivity contribution in [1.29, 1.82) is 0 Å². The maximum absolute atomic E-state index is 13.1. The number of aryl methyl sites for hydroxylation is 1. The van der Waals surface area contributed by atoms with Crippen molar-refractivity contribution < 1.29 is 4.79 Å². The molecule has 2 amide bonds. The predicted octanol–water partition coefficient (Wildman–Crippen LogP) is 3.69. The van der Waals surface area contributed by atoms with E-state index in [1.807, 2.05) is 41.4 Å². The number of fused-ring (bicyclic) bond motifs is 1. The number of carbonyl (C=O) groups excluding carboxylic acids is 1. The number of rotatable bonds is 2. The van der Waals surface area contributed by atoms with Gasteiger partial charge >= 0.3 is 6.03 Å². The molecule has 1 atom stereocenters. The fourth-order valence-electron chi connectivity index (χ4n) is 3.80. The number of nitrogens with zero attached hydrogens (tertiary/aromatic N) is 3. The smallest absolute Gasteiger partial charge is 0.317 e. The van der Waals surface area contributed by atoms with Crippen LogP contribution in [0, 0.1) is 0 Å². The molecule has 0 saturated carbocycles. The molecule has 2 aromatic heterocycles. The van der Waals surface area contributed by atoms with E-state index in [-0.39, 0.29) is 17.6 Å². The average molecular weight is 362 g/mol. The quantitative estimate of drug-likeness (QED) is 0.756. The summed E-state index contributed by atoms with van der Waals surface area (Å²) in [7, 11) is 1.70. The number of hydrogen-bond donors (Lipinski definition) is 1. The van der Waals surface area contributed by atoms with Gasteiger partial charge in [0.05, 0.1) is 11.7 Å². The molecule has 1 fully saturated rings. The van der Waals surface area contributed by atoms with Crippen molar-refractivity contribution >= 4 is 22.5 Å². The minimum absolute atomic E-state index is 0.0197. The summed E-state index contributed by atoms with van der Waals surface area (Å²) in [6, 6.07) is 11.1. The van der Waals surface area contributed by atoms with E-state index in [9.17, 15) is 9.59 Å². The lowest BCUT2D eigenvalue weighted by molar-refractivity contribution is 0.163. The van der Waals surface area contributed by atoms with E-state index in [2.05, 4.69) is 10.3 Å². The summed E-state index contributed by atoms with van der Waals surface area (Å²) < 4.78 is 1.51. The van der Waals surface area contributed by atoms with Crippen LogP contribution in [-0.4, -0.2) is 27.0 Å². The number of pyridine rings is 2. The Morgan fingerprint density at radius 1 is 1.15 bits per heavy atom. The molecule has 0 spiro atoms. The molecule has 6 nitrogen and oxygen atoms in total. The van der Waals surface area contributed by atoms with E-state index in [4.69, 9.17) is 0 Å². The number of benzene rings is 1. The Morgan fingerprint density at radius 2 is 1.96 bits per heavy atom. The van der Waals surface area contributed by atoms with Gasteiger partial charge in [0, 0.05) is 43.0 Å². The van der Waals surface area contributed by atoms with Crippen LogP contribution >= 0.6 is 0 Å². The van der Waals surface area contributed by atoms with Crippen molar-refractivity contribution in [3.05, 3.63) is 70.9 Å². The van der Waals surface area contributed by atoms with E-state index >= 15 is 0 Å². The summed E-state index contributed by atoms with van der Waals surface area (Å²) in [6.45, 7) is 0.703. The standard InChI is InChI=1S/C21H22N4O2/c1-24-14-18(16-8-2-3-9-17(16)20(24)26)23-21(27)25-12-5-4-10-19(25)15-7-6-11-22-13-15/h2-3,6-9,11,13-14,19H,4-5,10,12H2,1H3,(H,23,27). The molecule has 0 radical (unpaired) electrons. The van der Waals surface area contributed by atoms with Gasteiger partial charge in [0.25, 0.3) is 5.56 Å². The minimum atomic E-state index is -0.146. The minimum Gasteiger partial charge on any atom is -0.317 e. The molecular formula is C21H22N4O2. The van der Waals surface area contributed by atoms with Gasteiger partial charge in [-0.3, -0.25) is 9.78 Å². The van der Waals surface area contributed by atoms with Crippen LogP contribution in [0.4, 0.5) is 10.5 Å². The Hall–Kier alpha value is -3.15. The zero-order valence-electron chi connectivity index (χ0n) is 15.3. The second-order valence-electron chi connectivity index (χ2n) is 6.93. The highest BCUT2D eigenvalue weighted by molar-refractivity contribution is 6.01. The monoisotopic (exact) mass is 362 g/mol. The molecule has 4 rings (SSSR count). The van der Waals surface area contributed by atoms with Crippen LogP contribution in [0.3, 0.4) is 0 Å². The lowest BCUT2D eigenvalue weighted by atomic mass is 9.97. The van der Waals surface area contributed by atoms with Crippen LogP contribution in [0.5, 0.6) is 0 Å². The first-order chi connectivity index (χ1) is 13.1. The number of anilines is 1. The Bertz CT molecular complexity index is 1030. The number of aromatic nitrogens is 2. The summed E-state index contributed by atoms with van der Waals surface area (Å²) in [6.07, 6.45) is 8.26. The molecule has 1 aliphatic heterocycles. The van der Waals surface area contributed by atoms with Crippen molar-refractivity contribution in [3.8, 4) is 0 Å². The van der Waals surface area contributed by atoms with Crippen molar-refractivity contribution in [1.82, 2.24) is 14.5 Å². The molecule has 3 aromatic rings. The van der Waals surface area contributed by atoms with Crippen molar-refractivity contribution in [2.75, 3.05) is 11.9 Å². The summed E-state index contributed by atoms with van der Waals surface area (Å²) in [5, 5.41) is 4.38. The third-order valence-corrected chi connectivity index (χ3v) is 5.17. The summed E-state index contributed by atoms with van der Waals surface area (Å²) in [5.74, 6) is 0. The summed E-state index contributed by atoms with van der Waals surface area (Å²) in [4.78, 5) is 31.5. The Kier molecular flexibility index (Phi) is 4.62. The van der Waals surface area contributed by atoms with Crippen LogP contribution < -0.4 is 10.9 Å². The lowest BCUT2D eigenvalue weighted by Crippen LogP contribution is -2.41. The zero-order chi connectivity index (χ0) is 18.8. The van der Waals surface area contributed by atoms with Gasteiger partial charge in [-0.1, -0.05) is 24.3 Å². The largest absolute Gasteiger partial charge is 0.322 e. The van der Waals surface area contributed by atoms with Gasteiger partial charge in [0.2, 0.25) is 0 Å². The normalized spacial score (nSPS) is 17.1. The number of nitrogens with one attached hydrogen (secondary N) is 1. The molecule has 1 N–H and O–H groups in total.